The minimum Gasteiger partial charge on any atom is -0.496 e. The van der Waals surface area contributed by atoms with Crippen molar-refractivity contribution in [2.75, 3.05) is 12.4 Å². The molecular formula is C21H21BrN2O2S. The Morgan fingerprint density at radius 2 is 2.22 bits per heavy atom. The molecule has 1 N–H and O–H groups in total. The Bertz CT molecular complexity index is 1010. The molecule has 3 aromatic rings. The van der Waals surface area contributed by atoms with Gasteiger partial charge in [0.25, 0.3) is 0 Å². The fraction of sp³-hybridized carbons (Fsp3) is 0.333. The highest BCUT2D eigenvalue weighted by atomic mass is 79.9. The van der Waals surface area contributed by atoms with Crippen molar-refractivity contribution in [2.24, 2.45) is 5.92 Å². The molecule has 0 spiro atoms. The lowest BCUT2D eigenvalue weighted by atomic mass is 9.93. The SMILES string of the molecule is COc1ccc2cc(Br)ccc2c1CC(=O)Nc1nc2c(s1)CC(C)CC2. The maximum Gasteiger partial charge on any atom is 0.230 e. The van der Waals surface area contributed by atoms with Crippen molar-refractivity contribution in [2.45, 2.75) is 32.6 Å². The number of hydrogen-bond acceptors (Lipinski definition) is 4. The molecule has 140 valence electrons. The van der Waals surface area contributed by atoms with E-state index >= 15 is 0 Å². The highest BCUT2D eigenvalue weighted by Crippen LogP contribution is 2.33. The van der Waals surface area contributed by atoms with Crippen LogP contribution in [-0.2, 0) is 24.1 Å². The van der Waals surface area contributed by atoms with Gasteiger partial charge in [0.1, 0.15) is 5.75 Å². The van der Waals surface area contributed by atoms with Crippen LogP contribution in [0.25, 0.3) is 10.8 Å². The molecule has 1 aliphatic carbocycles. The van der Waals surface area contributed by atoms with Crippen LogP contribution in [0.3, 0.4) is 0 Å². The molecular weight excluding hydrogens is 424 g/mol. The molecule has 0 radical (unpaired) electrons. The molecule has 1 unspecified atom stereocenters. The molecule has 4 nitrogen and oxygen atoms in total. The number of halogens is 1. The summed E-state index contributed by atoms with van der Waals surface area (Å²) in [6.45, 7) is 2.27. The van der Waals surface area contributed by atoms with E-state index in [0.29, 0.717) is 11.0 Å². The Morgan fingerprint density at radius 1 is 1.37 bits per heavy atom. The van der Waals surface area contributed by atoms with Crippen LogP contribution in [0.4, 0.5) is 5.13 Å². The highest BCUT2D eigenvalue weighted by molar-refractivity contribution is 9.10. The Balaban J connectivity index is 1.58. The van der Waals surface area contributed by atoms with Gasteiger partial charge in [-0.05, 0) is 54.2 Å². The fourth-order valence-electron chi connectivity index (χ4n) is 3.64. The van der Waals surface area contributed by atoms with Crippen LogP contribution in [0, 0.1) is 5.92 Å². The van der Waals surface area contributed by atoms with Crippen LogP contribution < -0.4 is 10.1 Å². The fourth-order valence-corrected chi connectivity index (χ4v) is 5.20. The van der Waals surface area contributed by atoms with Crippen LogP contribution in [0.15, 0.2) is 34.8 Å². The Labute approximate surface area is 171 Å². The molecule has 27 heavy (non-hydrogen) atoms. The first-order valence-corrected chi connectivity index (χ1v) is 10.7. The average Bonchev–Trinajstić information content (AvgIpc) is 3.02. The molecule has 0 aliphatic heterocycles. The van der Waals surface area contributed by atoms with Gasteiger partial charge in [-0.15, -0.1) is 11.3 Å². The second-order valence-corrected chi connectivity index (χ2v) is 9.07. The zero-order valence-electron chi connectivity index (χ0n) is 15.3. The summed E-state index contributed by atoms with van der Waals surface area (Å²) in [6.07, 6.45) is 3.50. The number of carbonyl (C=O) groups is 1. The second-order valence-electron chi connectivity index (χ2n) is 7.07. The number of rotatable bonds is 4. The van der Waals surface area contributed by atoms with Gasteiger partial charge in [0.2, 0.25) is 5.91 Å². The van der Waals surface area contributed by atoms with Crippen LogP contribution in [0.1, 0.15) is 29.5 Å². The molecule has 0 saturated heterocycles. The number of anilines is 1. The molecule has 1 aliphatic rings. The van der Waals surface area contributed by atoms with Gasteiger partial charge in [0.15, 0.2) is 5.13 Å². The van der Waals surface area contributed by atoms with E-state index in [4.69, 9.17) is 4.74 Å². The molecule has 4 rings (SSSR count). The van der Waals surface area contributed by atoms with Crippen molar-refractivity contribution >= 4 is 49.1 Å². The number of aromatic nitrogens is 1. The van der Waals surface area contributed by atoms with Crippen molar-refractivity contribution in [3.05, 3.63) is 50.9 Å². The van der Waals surface area contributed by atoms with Crippen molar-refractivity contribution < 1.29 is 9.53 Å². The lowest BCUT2D eigenvalue weighted by molar-refractivity contribution is -0.115. The van der Waals surface area contributed by atoms with Crippen LogP contribution in [0.2, 0.25) is 0 Å². The molecule has 1 heterocycles. The third-order valence-corrected chi connectivity index (χ3v) is 6.57. The van der Waals surface area contributed by atoms with E-state index in [1.165, 1.54) is 11.3 Å². The van der Waals surface area contributed by atoms with Gasteiger partial charge >= 0.3 is 0 Å². The standard InChI is InChI=1S/C21H21BrN2O2S/c1-12-3-7-17-19(9-12)27-21(23-17)24-20(25)11-16-15-6-5-14(22)10-13(15)4-8-18(16)26-2/h4-6,8,10,12H,3,7,9,11H2,1-2H3,(H,23,24,25). The summed E-state index contributed by atoms with van der Waals surface area (Å²) in [6, 6.07) is 9.98. The predicted octanol–water partition coefficient (Wildman–Crippen LogP) is 5.37. The minimum absolute atomic E-state index is 0.0668. The van der Waals surface area contributed by atoms with Crippen molar-refractivity contribution in [1.29, 1.82) is 0 Å². The molecule has 1 atom stereocenters. The quantitative estimate of drug-likeness (QED) is 0.587. The molecule has 2 aromatic carbocycles. The third kappa shape index (κ3) is 3.87. The number of aryl methyl sites for hydroxylation is 1. The number of nitrogens with zero attached hydrogens (tertiary/aromatic N) is 1. The van der Waals surface area contributed by atoms with E-state index in [0.717, 1.165) is 45.1 Å². The van der Waals surface area contributed by atoms with Crippen LogP contribution in [0.5, 0.6) is 5.75 Å². The number of fused-ring (bicyclic) bond motifs is 2. The Hall–Kier alpha value is -1.92. The van der Waals surface area contributed by atoms with E-state index in [1.54, 1.807) is 18.4 Å². The average molecular weight is 445 g/mol. The topological polar surface area (TPSA) is 51.2 Å². The van der Waals surface area contributed by atoms with E-state index in [1.807, 2.05) is 30.3 Å². The molecule has 1 amide bonds. The van der Waals surface area contributed by atoms with E-state index in [2.05, 4.69) is 33.2 Å². The van der Waals surface area contributed by atoms with Crippen molar-refractivity contribution in [1.82, 2.24) is 4.98 Å². The van der Waals surface area contributed by atoms with Gasteiger partial charge in [0, 0.05) is 14.9 Å². The number of methoxy groups -OCH3 is 1. The summed E-state index contributed by atoms with van der Waals surface area (Å²) in [5, 5.41) is 5.81. The molecule has 0 fully saturated rings. The van der Waals surface area contributed by atoms with E-state index in [9.17, 15) is 4.79 Å². The van der Waals surface area contributed by atoms with Gasteiger partial charge in [-0.25, -0.2) is 4.98 Å². The summed E-state index contributed by atoms with van der Waals surface area (Å²) < 4.78 is 6.52. The van der Waals surface area contributed by atoms with Gasteiger partial charge in [0.05, 0.1) is 19.2 Å². The van der Waals surface area contributed by atoms with Crippen molar-refractivity contribution in [3.8, 4) is 5.75 Å². The summed E-state index contributed by atoms with van der Waals surface area (Å²) in [7, 11) is 1.64. The Kier molecular flexibility index (Phi) is 5.19. The lowest BCUT2D eigenvalue weighted by Gasteiger charge is -2.15. The van der Waals surface area contributed by atoms with Gasteiger partial charge < -0.3 is 10.1 Å². The Morgan fingerprint density at radius 3 is 3.04 bits per heavy atom. The molecule has 6 heteroatoms. The smallest absolute Gasteiger partial charge is 0.230 e. The summed E-state index contributed by atoms with van der Waals surface area (Å²) in [5.74, 6) is 1.36. The lowest BCUT2D eigenvalue weighted by Crippen LogP contribution is -2.15. The number of ether oxygens (including phenoxy) is 1. The van der Waals surface area contributed by atoms with Crippen molar-refractivity contribution in [3.63, 3.8) is 0 Å². The number of carbonyl (C=O) groups excluding carboxylic acids is 1. The largest absolute Gasteiger partial charge is 0.496 e. The molecule has 0 saturated carbocycles. The van der Waals surface area contributed by atoms with E-state index in [-0.39, 0.29) is 12.3 Å². The first-order valence-electron chi connectivity index (χ1n) is 9.07. The number of thiazole rings is 1. The predicted molar refractivity (Wildman–Crippen MR) is 114 cm³/mol. The van der Waals surface area contributed by atoms with Gasteiger partial charge in [-0.3, -0.25) is 4.79 Å². The normalized spacial score (nSPS) is 16.2. The molecule has 1 aromatic heterocycles. The number of amides is 1. The summed E-state index contributed by atoms with van der Waals surface area (Å²) in [5.41, 5.74) is 2.05. The van der Waals surface area contributed by atoms with Crippen LogP contribution >= 0.6 is 27.3 Å². The highest BCUT2D eigenvalue weighted by Gasteiger charge is 2.21. The zero-order valence-corrected chi connectivity index (χ0v) is 17.7. The maximum atomic E-state index is 12.7. The second kappa shape index (κ2) is 7.60. The third-order valence-electron chi connectivity index (χ3n) is 5.04. The summed E-state index contributed by atoms with van der Waals surface area (Å²) in [4.78, 5) is 18.7. The van der Waals surface area contributed by atoms with E-state index < -0.39 is 0 Å². The number of hydrogen-bond donors (Lipinski definition) is 1. The first-order chi connectivity index (χ1) is 13.0. The monoisotopic (exact) mass is 444 g/mol. The summed E-state index contributed by atoms with van der Waals surface area (Å²) >= 11 is 5.12. The zero-order chi connectivity index (χ0) is 19.0. The first kappa shape index (κ1) is 18.4. The number of nitrogens with one attached hydrogen (secondary N) is 1. The molecule has 0 bridgehead atoms. The van der Waals surface area contributed by atoms with Gasteiger partial charge in [-0.1, -0.05) is 35.0 Å². The van der Waals surface area contributed by atoms with Crippen LogP contribution in [-0.4, -0.2) is 18.0 Å². The number of benzene rings is 2. The minimum atomic E-state index is -0.0668. The maximum absolute atomic E-state index is 12.7. The van der Waals surface area contributed by atoms with Gasteiger partial charge in [-0.2, -0.15) is 0 Å².